The van der Waals surface area contributed by atoms with Crippen LogP contribution in [0.15, 0.2) is 12.7 Å². The molecule has 3 heterocycles. The molecule has 4 atom stereocenters. The fourth-order valence-corrected chi connectivity index (χ4v) is 3.51. The lowest BCUT2D eigenvalue weighted by molar-refractivity contribution is -0.0504. The Hall–Kier alpha value is -1.70. The molecule has 0 aromatic carbocycles. The number of rotatable bonds is 12. The third-order valence-electron chi connectivity index (χ3n) is 4.78. The molecule has 2 unspecified atom stereocenters. The zero-order chi connectivity index (χ0) is 22.4. The summed E-state index contributed by atoms with van der Waals surface area (Å²) in [5.74, 6) is 0.506. The maximum absolute atomic E-state index is 10.9. The molecule has 0 aliphatic carbocycles. The van der Waals surface area contributed by atoms with Crippen LogP contribution in [0.3, 0.4) is 0 Å². The van der Waals surface area contributed by atoms with E-state index in [0.717, 1.165) is 25.9 Å². The van der Waals surface area contributed by atoms with E-state index in [-0.39, 0.29) is 0 Å². The number of aliphatic hydroxyl groups is 2. The Bertz CT molecular complexity index is 893. The summed E-state index contributed by atoms with van der Waals surface area (Å²) in [7, 11) is -4.74. The maximum Gasteiger partial charge on any atom is 0.469 e. The number of nitrogens with one attached hydrogen (secondary N) is 1. The Morgan fingerprint density at radius 1 is 1.19 bits per heavy atom. The molecule has 0 radical (unpaired) electrons. The molecule has 2 aromatic rings. The van der Waals surface area contributed by atoms with Crippen LogP contribution in [0.2, 0.25) is 0 Å². The highest BCUT2D eigenvalue weighted by Gasteiger charge is 2.45. The van der Waals surface area contributed by atoms with Gasteiger partial charge in [0.1, 0.15) is 24.6 Å². The van der Waals surface area contributed by atoms with Crippen LogP contribution in [0, 0.1) is 0 Å². The van der Waals surface area contributed by atoms with Crippen LogP contribution in [0.25, 0.3) is 11.2 Å². The normalized spacial score (nSPS) is 24.2. The minimum absolute atomic E-state index is 0.365. The van der Waals surface area contributed by atoms with E-state index in [4.69, 9.17) is 19.3 Å². The van der Waals surface area contributed by atoms with Crippen molar-refractivity contribution >= 4 is 24.8 Å². The first-order chi connectivity index (χ1) is 14.8. The van der Waals surface area contributed by atoms with Crippen molar-refractivity contribution in [3.8, 4) is 0 Å². The summed E-state index contributed by atoms with van der Waals surface area (Å²) in [6.45, 7) is 3.51. The highest BCUT2D eigenvalue weighted by Crippen LogP contribution is 2.38. The zero-order valence-corrected chi connectivity index (χ0v) is 18.0. The molecule has 14 heteroatoms. The van der Waals surface area contributed by atoms with Gasteiger partial charge in [0.15, 0.2) is 23.2 Å². The summed E-state index contributed by atoms with van der Waals surface area (Å²) in [5, 5.41) is 23.7. The van der Waals surface area contributed by atoms with Crippen LogP contribution in [0.1, 0.15) is 32.4 Å². The third-order valence-corrected chi connectivity index (χ3v) is 5.26. The third kappa shape index (κ3) is 6.18. The van der Waals surface area contributed by atoms with Gasteiger partial charge in [0.2, 0.25) is 0 Å². The summed E-state index contributed by atoms with van der Waals surface area (Å²) in [6, 6.07) is 0. The van der Waals surface area contributed by atoms with E-state index in [1.165, 1.54) is 17.2 Å². The van der Waals surface area contributed by atoms with Crippen LogP contribution in [-0.4, -0.2) is 84.2 Å². The lowest BCUT2D eigenvalue weighted by atomic mass is 10.1. The second kappa shape index (κ2) is 10.7. The Morgan fingerprint density at radius 3 is 2.71 bits per heavy atom. The van der Waals surface area contributed by atoms with Crippen molar-refractivity contribution in [3.05, 3.63) is 12.7 Å². The predicted octanol–water partition coefficient (Wildman–Crippen LogP) is 0.173. The van der Waals surface area contributed by atoms with Gasteiger partial charge in [-0.1, -0.05) is 13.3 Å². The average molecular weight is 461 g/mol. The van der Waals surface area contributed by atoms with E-state index in [0.29, 0.717) is 30.1 Å². The van der Waals surface area contributed by atoms with Gasteiger partial charge in [-0.15, -0.1) is 0 Å². The minimum Gasteiger partial charge on any atom is -0.387 e. The smallest absolute Gasteiger partial charge is 0.387 e. The molecule has 2 aromatic heterocycles. The molecule has 1 fully saturated rings. The van der Waals surface area contributed by atoms with Crippen molar-refractivity contribution in [2.45, 2.75) is 50.7 Å². The zero-order valence-electron chi connectivity index (χ0n) is 17.1. The molecule has 0 saturated carbocycles. The fraction of sp³-hybridized carbons (Fsp3) is 0.706. The van der Waals surface area contributed by atoms with Gasteiger partial charge in [-0.05, 0) is 12.8 Å². The molecule has 13 nitrogen and oxygen atoms in total. The molecule has 3 rings (SSSR count). The Morgan fingerprint density at radius 2 is 1.97 bits per heavy atom. The molecule has 31 heavy (non-hydrogen) atoms. The standard InChI is InChI=1S/C17H28N5O8P/c1-2-3-6-28-7-4-5-18-15-12-16(20-9-19-15)22(10-21-12)17-14(24)13(23)11(30-17)8-29-31(25,26)27/h9-11,13-14,17,23-24H,2-8H2,1H3,(H,18,19,20)(H2,25,26,27)/t11?,13-,14?,17-/m1/s1. The quantitative estimate of drug-likeness (QED) is 0.214. The first-order valence-electron chi connectivity index (χ1n) is 10.0. The molecule has 0 spiro atoms. The number of aliphatic hydroxyl groups excluding tert-OH is 2. The van der Waals surface area contributed by atoms with Crippen LogP contribution in [0.5, 0.6) is 0 Å². The highest BCUT2D eigenvalue weighted by molar-refractivity contribution is 7.46. The van der Waals surface area contributed by atoms with E-state index in [2.05, 4.69) is 31.7 Å². The van der Waals surface area contributed by atoms with Gasteiger partial charge in [-0.3, -0.25) is 9.09 Å². The molecule has 0 bridgehead atoms. The van der Waals surface area contributed by atoms with Crippen molar-refractivity contribution in [2.24, 2.45) is 0 Å². The number of ether oxygens (including phenoxy) is 2. The SMILES string of the molecule is CCCCOCCCNc1ncnc2c1ncn2[C@@H]1OC(COP(=O)(O)O)[C@@H](O)C1O. The van der Waals surface area contributed by atoms with Crippen LogP contribution < -0.4 is 5.32 Å². The number of phosphoric ester groups is 1. The number of hydrogen-bond acceptors (Lipinski definition) is 10. The van der Waals surface area contributed by atoms with Gasteiger partial charge in [0.25, 0.3) is 0 Å². The fourth-order valence-electron chi connectivity index (χ4n) is 3.16. The molecule has 1 saturated heterocycles. The van der Waals surface area contributed by atoms with Crippen molar-refractivity contribution in [3.63, 3.8) is 0 Å². The predicted molar refractivity (Wildman–Crippen MR) is 108 cm³/mol. The van der Waals surface area contributed by atoms with Gasteiger partial charge in [-0.25, -0.2) is 19.5 Å². The lowest BCUT2D eigenvalue weighted by Gasteiger charge is -2.16. The Balaban J connectivity index is 1.64. The van der Waals surface area contributed by atoms with Crippen molar-refractivity contribution in [1.82, 2.24) is 19.5 Å². The number of anilines is 1. The van der Waals surface area contributed by atoms with Gasteiger partial charge in [0.05, 0.1) is 12.9 Å². The van der Waals surface area contributed by atoms with E-state index < -0.39 is 39.0 Å². The van der Waals surface area contributed by atoms with E-state index in [1.807, 2.05) is 0 Å². The topological polar surface area (TPSA) is 181 Å². The molecule has 5 N–H and O–H groups in total. The Labute approximate surface area is 178 Å². The lowest BCUT2D eigenvalue weighted by Crippen LogP contribution is -2.33. The number of fused-ring (bicyclic) bond motifs is 1. The maximum atomic E-state index is 10.9. The van der Waals surface area contributed by atoms with E-state index in [9.17, 15) is 14.8 Å². The van der Waals surface area contributed by atoms with Gasteiger partial charge in [0, 0.05) is 19.8 Å². The summed E-state index contributed by atoms with van der Waals surface area (Å²) in [6.07, 6.45) is 0.639. The molecule has 1 aliphatic rings. The van der Waals surface area contributed by atoms with Crippen molar-refractivity contribution < 1.29 is 38.6 Å². The molecular formula is C17H28N5O8P. The summed E-state index contributed by atoms with van der Waals surface area (Å²) >= 11 is 0. The number of imidazole rings is 1. The molecule has 174 valence electrons. The number of nitrogens with zero attached hydrogens (tertiary/aromatic N) is 4. The second-order valence-corrected chi connectivity index (χ2v) is 8.36. The number of hydrogen-bond donors (Lipinski definition) is 5. The van der Waals surface area contributed by atoms with Gasteiger partial charge >= 0.3 is 7.82 Å². The number of unbranched alkanes of at least 4 members (excludes halogenated alkanes) is 1. The molecular weight excluding hydrogens is 433 g/mol. The number of phosphoric acid groups is 1. The monoisotopic (exact) mass is 461 g/mol. The van der Waals surface area contributed by atoms with Crippen LogP contribution in [-0.2, 0) is 18.6 Å². The summed E-state index contributed by atoms with van der Waals surface area (Å²) in [4.78, 5) is 30.4. The average Bonchev–Trinajstić information content (AvgIpc) is 3.27. The summed E-state index contributed by atoms with van der Waals surface area (Å²) < 4.78 is 27.8. The van der Waals surface area contributed by atoms with Gasteiger partial charge in [-0.2, -0.15) is 0 Å². The largest absolute Gasteiger partial charge is 0.469 e. The molecule has 0 amide bonds. The van der Waals surface area contributed by atoms with E-state index >= 15 is 0 Å². The second-order valence-electron chi connectivity index (χ2n) is 7.13. The van der Waals surface area contributed by atoms with Crippen LogP contribution in [0.4, 0.5) is 5.82 Å². The first-order valence-corrected chi connectivity index (χ1v) is 11.6. The minimum atomic E-state index is -4.74. The molecule has 1 aliphatic heterocycles. The summed E-state index contributed by atoms with van der Waals surface area (Å²) in [5.41, 5.74) is 0.819. The van der Waals surface area contributed by atoms with Crippen LogP contribution >= 0.6 is 7.82 Å². The van der Waals surface area contributed by atoms with Crippen molar-refractivity contribution in [2.75, 3.05) is 31.7 Å². The van der Waals surface area contributed by atoms with Crippen molar-refractivity contribution in [1.29, 1.82) is 0 Å². The highest BCUT2D eigenvalue weighted by atomic mass is 31.2. The van der Waals surface area contributed by atoms with Gasteiger partial charge < -0.3 is 34.8 Å². The Kier molecular flexibility index (Phi) is 8.30. The number of aromatic nitrogens is 4. The first kappa shape index (κ1) is 24.0. The van der Waals surface area contributed by atoms with E-state index in [1.54, 1.807) is 0 Å².